The highest BCUT2D eigenvalue weighted by atomic mass is 79.9. The van der Waals surface area contributed by atoms with Gasteiger partial charge in [-0.25, -0.2) is 4.79 Å². The number of aliphatic carboxylic acids is 1. The Morgan fingerprint density at radius 2 is 2.24 bits per heavy atom. The fourth-order valence-corrected chi connectivity index (χ4v) is 1.73. The van der Waals surface area contributed by atoms with Gasteiger partial charge < -0.3 is 9.84 Å². The second-order valence-corrected chi connectivity index (χ2v) is 5.11. The lowest BCUT2D eigenvalue weighted by atomic mass is 10.2. The topological polar surface area (TPSA) is 46.5 Å². The van der Waals surface area contributed by atoms with Crippen LogP contribution in [-0.2, 0) is 4.79 Å². The Balaban J connectivity index is 2.99. The average molecular weight is 362 g/mol. The van der Waals surface area contributed by atoms with E-state index in [1.165, 1.54) is 6.08 Å². The molecule has 3 nitrogen and oxygen atoms in total. The van der Waals surface area contributed by atoms with Crippen LogP contribution < -0.4 is 4.74 Å². The van der Waals surface area contributed by atoms with Crippen molar-refractivity contribution in [2.75, 3.05) is 6.61 Å². The lowest BCUT2D eigenvalue weighted by Gasteiger charge is -2.10. The fourth-order valence-electron chi connectivity index (χ4n) is 1.12. The van der Waals surface area contributed by atoms with Gasteiger partial charge in [0.15, 0.2) is 0 Å². The number of benzene rings is 1. The number of carboxylic acids is 1. The number of halogens is 2. The Hall–Kier alpha value is -1.07. The minimum absolute atomic E-state index is 0.316. The zero-order chi connectivity index (χ0) is 12.8. The molecule has 1 N–H and O–H groups in total. The standard InChI is InChI=1S/C12H10Br2O3/c1-8(13)7-17-12-9(5-6-11(15)16)3-2-4-10(12)14/h2-6H,1,7H2,(H,15,16)/b6-5+. The molecule has 0 aromatic heterocycles. The number of carbonyl (C=O) groups is 1. The minimum Gasteiger partial charge on any atom is -0.487 e. The van der Waals surface area contributed by atoms with E-state index in [4.69, 9.17) is 9.84 Å². The van der Waals surface area contributed by atoms with Crippen molar-refractivity contribution in [2.24, 2.45) is 0 Å². The predicted molar refractivity (Wildman–Crippen MR) is 74.4 cm³/mol. The van der Waals surface area contributed by atoms with Gasteiger partial charge in [0.05, 0.1) is 4.47 Å². The van der Waals surface area contributed by atoms with E-state index in [2.05, 4.69) is 38.4 Å². The summed E-state index contributed by atoms with van der Waals surface area (Å²) in [4.78, 5) is 10.5. The van der Waals surface area contributed by atoms with Gasteiger partial charge in [-0.05, 0) is 28.1 Å². The van der Waals surface area contributed by atoms with Crippen LogP contribution in [-0.4, -0.2) is 17.7 Å². The van der Waals surface area contributed by atoms with Gasteiger partial charge in [0.1, 0.15) is 12.4 Å². The van der Waals surface area contributed by atoms with Gasteiger partial charge >= 0.3 is 5.97 Å². The molecule has 0 amide bonds. The van der Waals surface area contributed by atoms with Crippen molar-refractivity contribution in [3.05, 3.63) is 45.4 Å². The fraction of sp³-hybridized carbons (Fsp3) is 0.0833. The lowest BCUT2D eigenvalue weighted by Crippen LogP contribution is -1.99. The quantitative estimate of drug-likeness (QED) is 0.810. The first kappa shape index (κ1) is 14.0. The molecule has 0 aliphatic heterocycles. The molecule has 1 aromatic carbocycles. The van der Waals surface area contributed by atoms with Gasteiger partial charge in [-0.15, -0.1) is 0 Å². The predicted octanol–water partition coefficient (Wildman–Crippen LogP) is 3.83. The van der Waals surface area contributed by atoms with Crippen LogP contribution in [0.4, 0.5) is 0 Å². The van der Waals surface area contributed by atoms with Crippen LogP contribution >= 0.6 is 31.9 Å². The zero-order valence-corrected chi connectivity index (χ0v) is 12.0. The Labute approximate surface area is 116 Å². The van der Waals surface area contributed by atoms with Crippen LogP contribution in [0.3, 0.4) is 0 Å². The molecule has 0 heterocycles. The zero-order valence-electron chi connectivity index (χ0n) is 8.82. The summed E-state index contributed by atoms with van der Waals surface area (Å²) in [6.07, 6.45) is 2.55. The van der Waals surface area contributed by atoms with Gasteiger partial charge in [-0.2, -0.15) is 0 Å². The van der Waals surface area contributed by atoms with Crippen molar-refractivity contribution in [1.29, 1.82) is 0 Å². The van der Waals surface area contributed by atoms with E-state index in [-0.39, 0.29) is 0 Å². The van der Waals surface area contributed by atoms with Crippen molar-refractivity contribution < 1.29 is 14.6 Å². The number of rotatable bonds is 5. The summed E-state index contributed by atoms with van der Waals surface area (Å²) in [6, 6.07) is 5.41. The third-order valence-electron chi connectivity index (χ3n) is 1.78. The minimum atomic E-state index is -0.999. The molecule has 90 valence electrons. The molecule has 0 aliphatic rings. The van der Waals surface area contributed by atoms with Crippen molar-refractivity contribution in [2.45, 2.75) is 0 Å². The molecule has 0 aliphatic carbocycles. The number of hydrogen-bond acceptors (Lipinski definition) is 2. The molecule has 17 heavy (non-hydrogen) atoms. The highest BCUT2D eigenvalue weighted by molar-refractivity contribution is 9.11. The second-order valence-electron chi connectivity index (χ2n) is 3.14. The molecular formula is C12H10Br2O3. The number of para-hydroxylation sites is 1. The average Bonchev–Trinajstić information content (AvgIpc) is 2.24. The molecular weight excluding hydrogens is 352 g/mol. The third-order valence-corrected chi connectivity index (χ3v) is 2.63. The van der Waals surface area contributed by atoms with Gasteiger partial charge in [-0.3, -0.25) is 0 Å². The molecule has 0 atom stereocenters. The summed E-state index contributed by atoms with van der Waals surface area (Å²) < 4.78 is 7.00. The summed E-state index contributed by atoms with van der Waals surface area (Å²) in [5.74, 6) is -0.411. The molecule has 0 bridgehead atoms. The monoisotopic (exact) mass is 360 g/mol. The van der Waals surface area contributed by atoms with E-state index in [1.54, 1.807) is 12.1 Å². The first-order valence-corrected chi connectivity index (χ1v) is 6.25. The molecule has 0 spiro atoms. The number of ether oxygens (including phenoxy) is 1. The van der Waals surface area contributed by atoms with Crippen LogP contribution in [0.15, 0.2) is 39.8 Å². The van der Waals surface area contributed by atoms with Gasteiger partial charge in [-0.1, -0.05) is 34.6 Å². The SMILES string of the molecule is C=C(Br)COc1c(Br)cccc1/C=C/C(=O)O. The van der Waals surface area contributed by atoms with Crippen LogP contribution in [0.25, 0.3) is 6.08 Å². The van der Waals surface area contributed by atoms with E-state index in [9.17, 15) is 4.79 Å². The summed E-state index contributed by atoms with van der Waals surface area (Å²) >= 11 is 6.55. The van der Waals surface area contributed by atoms with Crippen LogP contribution in [0.5, 0.6) is 5.75 Å². The molecule has 5 heteroatoms. The van der Waals surface area contributed by atoms with Crippen LogP contribution in [0.1, 0.15) is 5.56 Å². The molecule has 0 fully saturated rings. The highest BCUT2D eigenvalue weighted by Gasteiger charge is 2.06. The normalized spacial score (nSPS) is 10.5. The maximum absolute atomic E-state index is 10.5. The van der Waals surface area contributed by atoms with E-state index in [1.807, 2.05) is 6.07 Å². The van der Waals surface area contributed by atoms with Crippen LogP contribution in [0.2, 0.25) is 0 Å². The van der Waals surface area contributed by atoms with Crippen molar-refractivity contribution >= 4 is 43.9 Å². The number of carboxylic acid groups (broad SMARTS) is 1. The smallest absolute Gasteiger partial charge is 0.328 e. The summed E-state index contributed by atoms with van der Waals surface area (Å²) in [6.45, 7) is 3.98. The Morgan fingerprint density at radius 3 is 2.82 bits per heavy atom. The van der Waals surface area contributed by atoms with Crippen molar-refractivity contribution in [3.63, 3.8) is 0 Å². The summed E-state index contributed by atoms with van der Waals surface area (Å²) in [5.41, 5.74) is 0.690. The first-order valence-electron chi connectivity index (χ1n) is 4.66. The Morgan fingerprint density at radius 1 is 1.53 bits per heavy atom. The summed E-state index contributed by atoms with van der Waals surface area (Å²) in [7, 11) is 0. The first-order chi connectivity index (χ1) is 8.00. The van der Waals surface area contributed by atoms with E-state index in [0.29, 0.717) is 22.4 Å². The Bertz CT molecular complexity index is 467. The van der Waals surface area contributed by atoms with E-state index < -0.39 is 5.97 Å². The van der Waals surface area contributed by atoms with Gasteiger partial charge in [0.2, 0.25) is 0 Å². The summed E-state index contributed by atoms with van der Waals surface area (Å²) in [5, 5.41) is 8.59. The van der Waals surface area contributed by atoms with Crippen LogP contribution in [0, 0.1) is 0 Å². The molecule has 0 saturated heterocycles. The van der Waals surface area contributed by atoms with Crippen molar-refractivity contribution in [3.8, 4) is 5.75 Å². The molecule has 0 saturated carbocycles. The maximum Gasteiger partial charge on any atom is 0.328 e. The van der Waals surface area contributed by atoms with Crippen molar-refractivity contribution in [1.82, 2.24) is 0 Å². The molecule has 1 rings (SSSR count). The maximum atomic E-state index is 10.5. The molecule has 1 aromatic rings. The lowest BCUT2D eigenvalue weighted by molar-refractivity contribution is -0.131. The van der Waals surface area contributed by atoms with E-state index >= 15 is 0 Å². The second kappa shape index (κ2) is 6.61. The molecule has 0 radical (unpaired) electrons. The largest absolute Gasteiger partial charge is 0.487 e. The van der Waals surface area contributed by atoms with Gasteiger partial charge in [0, 0.05) is 16.1 Å². The Kier molecular flexibility index (Phi) is 5.44. The highest BCUT2D eigenvalue weighted by Crippen LogP contribution is 2.30. The number of hydrogen-bond donors (Lipinski definition) is 1. The third kappa shape index (κ3) is 4.75. The molecule has 0 unspecified atom stereocenters. The van der Waals surface area contributed by atoms with Gasteiger partial charge in [0.25, 0.3) is 0 Å². The van der Waals surface area contributed by atoms with E-state index in [0.717, 1.165) is 10.5 Å².